The Labute approximate surface area is 174 Å². The molecule has 0 bridgehead atoms. The van der Waals surface area contributed by atoms with Crippen molar-refractivity contribution in [1.29, 1.82) is 0 Å². The van der Waals surface area contributed by atoms with Crippen molar-refractivity contribution >= 4 is 39.2 Å². The standard InChI is InChI=1S/C18H26ClN3O6S/c19-11-9-14(17(24)15(10-11)29(26,27)28)22-16(23)8-7-13(20)18(25)21-12-5-3-1-2-4-6-12/h9-10,12-13,24H,1-8,20H2,(H,21,25)(H,22,23)(H,26,27,28)/t13-/m0/s1. The molecule has 1 atom stereocenters. The molecule has 162 valence electrons. The van der Waals surface area contributed by atoms with Crippen LogP contribution in [-0.2, 0) is 19.7 Å². The van der Waals surface area contributed by atoms with Gasteiger partial charge in [-0.25, -0.2) is 0 Å². The number of hydrogen-bond acceptors (Lipinski definition) is 6. The van der Waals surface area contributed by atoms with Crippen LogP contribution in [0.15, 0.2) is 17.0 Å². The Morgan fingerprint density at radius 3 is 2.41 bits per heavy atom. The summed E-state index contributed by atoms with van der Waals surface area (Å²) >= 11 is 5.77. The van der Waals surface area contributed by atoms with Crippen LogP contribution in [0.4, 0.5) is 5.69 Å². The highest BCUT2D eigenvalue weighted by Gasteiger charge is 2.22. The summed E-state index contributed by atoms with van der Waals surface area (Å²) in [5.41, 5.74) is 5.60. The molecular formula is C18H26ClN3O6S. The molecule has 0 spiro atoms. The fourth-order valence-electron chi connectivity index (χ4n) is 3.23. The number of phenolic OH excluding ortho intramolecular Hbond substituents is 1. The van der Waals surface area contributed by atoms with Crippen molar-refractivity contribution in [3.63, 3.8) is 0 Å². The summed E-state index contributed by atoms with van der Waals surface area (Å²) < 4.78 is 31.7. The predicted molar refractivity (Wildman–Crippen MR) is 108 cm³/mol. The Kier molecular flexibility index (Phi) is 8.26. The fraction of sp³-hybridized carbons (Fsp3) is 0.556. The number of anilines is 1. The molecule has 2 amide bonds. The SMILES string of the molecule is N[C@@H](CCC(=O)Nc1cc(Cl)cc(S(=O)(=O)O)c1O)C(=O)NC1CCCCCC1. The highest BCUT2D eigenvalue weighted by atomic mass is 35.5. The largest absolute Gasteiger partial charge is 0.504 e. The van der Waals surface area contributed by atoms with E-state index >= 15 is 0 Å². The molecular weight excluding hydrogens is 422 g/mol. The van der Waals surface area contributed by atoms with Gasteiger partial charge < -0.3 is 21.5 Å². The van der Waals surface area contributed by atoms with Crippen molar-refractivity contribution in [3.05, 3.63) is 17.2 Å². The molecule has 0 radical (unpaired) electrons. The van der Waals surface area contributed by atoms with Crippen molar-refractivity contribution in [3.8, 4) is 5.75 Å². The highest BCUT2D eigenvalue weighted by Crippen LogP contribution is 2.34. The molecule has 1 fully saturated rings. The van der Waals surface area contributed by atoms with E-state index in [0.29, 0.717) is 0 Å². The van der Waals surface area contributed by atoms with E-state index < -0.39 is 32.7 Å². The number of rotatable bonds is 7. The monoisotopic (exact) mass is 447 g/mol. The zero-order chi connectivity index (χ0) is 21.6. The molecule has 1 saturated carbocycles. The zero-order valence-corrected chi connectivity index (χ0v) is 17.4. The van der Waals surface area contributed by atoms with Gasteiger partial charge in [0, 0.05) is 17.5 Å². The molecule has 0 aliphatic heterocycles. The van der Waals surface area contributed by atoms with E-state index in [2.05, 4.69) is 10.6 Å². The first kappa shape index (κ1) is 23.4. The van der Waals surface area contributed by atoms with Gasteiger partial charge in [0.15, 0.2) is 5.75 Å². The summed E-state index contributed by atoms with van der Waals surface area (Å²) in [5, 5.41) is 15.1. The minimum atomic E-state index is -4.73. The van der Waals surface area contributed by atoms with Gasteiger partial charge in [-0.15, -0.1) is 0 Å². The van der Waals surface area contributed by atoms with E-state index in [-0.39, 0.29) is 35.5 Å². The molecule has 6 N–H and O–H groups in total. The van der Waals surface area contributed by atoms with Crippen LogP contribution in [0.1, 0.15) is 51.4 Å². The normalized spacial score (nSPS) is 16.7. The highest BCUT2D eigenvalue weighted by molar-refractivity contribution is 7.86. The van der Waals surface area contributed by atoms with E-state index in [9.17, 15) is 23.1 Å². The summed E-state index contributed by atoms with van der Waals surface area (Å²) in [7, 11) is -4.73. The maximum Gasteiger partial charge on any atom is 0.298 e. The molecule has 1 aliphatic carbocycles. The molecule has 0 aromatic heterocycles. The molecule has 29 heavy (non-hydrogen) atoms. The van der Waals surface area contributed by atoms with Gasteiger partial charge in [0.25, 0.3) is 10.1 Å². The molecule has 1 aromatic carbocycles. The third-order valence-corrected chi connectivity index (χ3v) is 5.90. The summed E-state index contributed by atoms with van der Waals surface area (Å²) in [5.74, 6) is -1.74. The molecule has 0 saturated heterocycles. The van der Waals surface area contributed by atoms with Gasteiger partial charge in [-0.3, -0.25) is 14.1 Å². The van der Waals surface area contributed by atoms with E-state index in [4.69, 9.17) is 21.9 Å². The quantitative estimate of drug-likeness (QED) is 0.243. The van der Waals surface area contributed by atoms with E-state index in [1.165, 1.54) is 0 Å². The maximum atomic E-state index is 12.2. The van der Waals surface area contributed by atoms with Gasteiger partial charge in [0.1, 0.15) is 4.90 Å². The molecule has 1 aromatic rings. The maximum absolute atomic E-state index is 12.2. The van der Waals surface area contributed by atoms with Crippen molar-refractivity contribution in [1.82, 2.24) is 5.32 Å². The van der Waals surface area contributed by atoms with Crippen LogP contribution in [0.3, 0.4) is 0 Å². The molecule has 2 rings (SSSR count). The molecule has 1 aliphatic rings. The number of carbonyl (C=O) groups is 2. The predicted octanol–water partition coefficient (Wildman–Crippen LogP) is 2.18. The lowest BCUT2D eigenvalue weighted by Crippen LogP contribution is -2.45. The Hall–Kier alpha value is -1.88. The second kappa shape index (κ2) is 10.2. The lowest BCUT2D eigenvalue weighted by atomic mass is 10.1. The van der Waals surface area contributed by atoms with Gasteiger partial charge in [0.05, 0.1) is 11.7 Å². The average molecular weight is 448 g/mol. The van der Waals surface area contributed by atoms with Gasteiger partial charge in [0.2, 0.25) is 11.8 Å². The molecule has 0 unspecified atom stereocenters. The Balaban J connectivity index is 1.91. The smallest absolute Gasteiger partial charge is 0.298 e. The minimum Gasteiger partial charge on any atom is -0.504 e. The van der Waals surface area contributed by atoms with E-state index in [1.807, 2.05) is 0 Å². The van der Waals surface area contributed by atoms with Crippen LogP contribution in [0.5, 0.6) is 5.75 Å². The van der Waals surface area contributed by atoms with Gasteiger partial charge in [-0.2, -0.15) is 8.42 Å². The minimum absolute atomic E-state index is 0.0663. The first-order chi connectivity index (χ1) is 13.6. The summed E-state index contributed by atoms with van der Waals surface area (Å²) in [6, 6.07) is 1.23. The zero-order valence-electron chi connectivity index (χ0n) is 15.9. The van der Waals surface area contributed by atoms with E-state index in [1.54, 1.807) is 0 Å². The van der Waals surface area contributed by atoms with Crippen LogP contribution in [-0.4, -0.2) is 42.0 Å². The molecule has 9 nitrogen and oxygen atoms in total. The fourth-order valence-corrected chi connectivity index (χ4v) is 4.14. The van der Waals surface area contributed by atoms with Crippen molar-refractivity contribution < 1.29 is 27.7 Å². The first-order valence-electron chi connectivity index (χ1n) is 9.43. The Morgan fingerprint density at radius 2 is 1.83 bits per heavy atom. The van der Waals surface area contributed by atoms with Crippen LogP contribution >= 0.6 is 11.6 Å². The van der Waals surface area contributed by atoms with Crippen molar-refractivity contribution in [2.45, 2.75) is 68.3 Å². The van der Waals surface area contributed by atoms with Crippen LogP contribution in [0, 0.1) is 0 Å². The van der Waals surface area contributed by atoms with Crippen molar-refractivity contribution in [2.24, 2.45) is 5.73 Å². The number of halogens is 1. The van der Waals surface area contributed by atoms with Gasteiger partial charge in [-0.1, -0.05) is 37.3 Å². The lowest BCUT2D eigenvalue weighted by Gasteiger charge is -2.19. The Bertz CT molecular complexity index is 853. The van der Waals surface area contributed by atoms with Crippen LogP contribution in [0.2, 0.25) is 5.02 Å². The number of carbonyl (C=O) groups excluding carboxylic acids is 2. The number of nitrogens with one attached hydrogen (secondary N) is 2. The number of amides is 2. The number of nitrogens with two attached hydrogens (primary N) is 1. The lowest BCUT2D eigenvalue weighted by molar-refractivity contribution is -0.123. The summed E-state index contributed by atoms with van der Waals surface area (Å²) in [6.45, 7) is 0. The third kappa shape index (κ3) is 7.14. The molecule has 11 heteroatoms. The van der Waals surface area contributed by atoms with Gasteiger partial charge in [-0.05, 0) is 31.4 Å². The number of benzene rings is 1. The summed E-state index contributed by atoms with van der Waals surface area (Å²) in [4.78, 5) is 23.5. The first-order valence-corrected chi connectivity index (χ1v) is 11.3. The van der Waals surface area contributed by atoms with Crippen molar-refractivity contribution in [2.75, 3.05) is 5.32 Å². The number of aromatic hydroxyl groups is 1. The van der Waals surface area contributed by atoms with Gasteiger partial charge >= 0.3 is 0 Å². The second-order valence-corrected chi connectivity index (χ2v) is 8.99. The summed E-state index contributed by atoms with van der Waals surface area (Å²) in [6.07, 6.45) is 6.23. The average Bonchev–Trinajstić information content (AvgIpc) is 2.90. The topological polar surface area (TPSA) is 159 Å². The second-order valence-electron chi connectivity index (χ2n) is 7.17. The molecule has 0 heterocycles. The third-order valence-electron chi connectivity index (χ3n) is 4.81. The van der Waals surface area contributed by atoms with Crippen LogP contribution < -0.4 is 16.4 Å². The number of phenols is 1. The number of hydrogen-bond donors (Lipinski definition) is 5. The van der Waals surface area contributed by atoms with Crippen LogP contribution in [0.25, 0.3) is 0 Å². The van der Waals surface area contributed by atoms with E-state index in [0.717, 1.165) is 50.7 Å². The Morgan fingerprint density at radius 1 is 1.21 bits per heavy atom.